The lowest BCUT2D eigenvalue weighted by atomic mass is 9.79. The summed E-state index contributed by atoms with van der Waals surface area (Å²) in [4.78, 5) is 27.2. The standard InChI is InChI=1S/C24H15Cl3F3NO3/c25-13-6-7-16(19(27)10-13)21-20(23(33)34)14-3-1-2-4-15(14)22(32)31(21)11-12-5-8-18(26)17(9-12)24(28,29)30/h1-10,20-21H,11H2,(H,33,34). The number of fused-ring (bicyclic) bond motifs is 1. The van der Waals surface area contributed by atoms with E-state index in [0.29, 0.717) is 16.1 Å². The first-order valence-corrected chi connectivity index (χ1v) is 11.1. The molecule has 2 unspecified atom stereocenters. The molecule has 0 radical (unpaired) electrons. The number of hydrogen-bond donors (Lipinski definition) is 1. The molecule has 1 aliphatic heterocycles. The molecule has 34 heavy (non-hydrogen) atoms. The second-order valence-electron chi connectivity index (χ2n) is 7.76. The molecule has 176 valence electrons. The Kier molecular flexibility index (Phi) is 6.55. The third-order valence-corrected chi connectivity index (χ3v) is 6.57. The van der Waals surface area contributed by atoms with Gasteiger partial charge in [0.25, 0.3) is 5.91 Å². The number of alkyl halides is 3. The number of carboxylic acids is 1. The maximum Gasteiger partial charge on any atom is 0.417 e. The first kappa shape index (κ1) is 24.4. The number of rotatable bonds is 4. The molecular weight excluding hydrogens is 514 g/mol. The normalized spacial score (nSPS) is 18.1. The zero-order valence-corrected chi connectivity index (χ0v) is 19.4. The summed E-state index contributed by atoms with van der Waals surface area (Å²) in [5.41, 5.74) is -0.164. The fraction of sp³-hybridized carbons (Fsp3) is 0.167. The Morgan fingerprint density at radius 1 is 0.941 bits per heavy atom. The molecule has 1 N–H and O–H groups in total. The van der Waals surface area contributed by atoms with Gasteiger partial charge in [-0.25, -0.2) is 0 Å². The molecule has 0 saturated heterocycles. The number of aliphatic carboxylic acids is 1. The molecule has 0 bridgehead atoms. The Morgan fingerprint density at radius 2 is 1.65 bits per heavy atom. The fourth-order valence-corrected chi connectivity index (χ4v) is 4.95. The van der Waals surface area contributed by atoms with Crippen LogP contribution >= 0.6 is 34.8 Å². The van der Waals surface area contributed by atoms with Gasteiger partial charge in [0, 0.05) is 22.2 Å². The lowest BCUT2D eigenvalue weighted by Crippen LogP contribution is -2.44. The Hall–Kier alpha value is -2.74. The van der Waals surface area contributed by atoms with Gasteiger partial charge in [0.1, 0.15) is 5.92 Å². The summed E-state index contributed by atoms with van der Waals surface area (Å²) in [7, 11) is 0. The van der Waals surface area contributed by atoms with Gasteiger partial charge in [0.2, 0.25) is 0 Å². The third kappa shape index (κ3) is 4.48. The van der Waals surface area contributed by atoms with Gasteiger partial charge >= 0.3 is 12.1 Å². The van der Waals surface area contributed by atoms with Crippen molar-refractivity contribution in [2.75, 3.05) is 0 Å². The van der Waals surface area contributed by atoms with Crippen molar-refractivity contribution >= 4 is 46.7 Å². The third-order valence-electron chi connectivity index (χ3n) is 5.67. The molecule has 0 fully saturated rings. The molecule has 3 aromatic carbocycles. The highest BCUT2D eigenvalue weighted by Crippen LogP contribution is 2.46. The predicted octanol–water partition coefficient (Wildman–Crippen LogP) is 7.23. The summed E-state index contributed by atoms with van der Waals surface area (Å²) in [5, 5.41) is 10.1. The van der Waals surface area contributed by atoms with Crippen LogP contribution in [0.3, 0.4) is 0 Å². The second kappa shape index (κ2) is 9.13. The number of halogens is 6. The average Bonchev–Trinajstić information content (AvgIpc) is 2.76. The van der Waals surface area contributed by atoms with Crippen LogP contribution in [-0.4, -0.2) is 21.9 Å². The fourth-order valence-electron chi connectivity index (χ4n) is 4.21. The molecule has 1 amide bonds. The minimum Gasteiger partial charge on any atom is -0.481 e. The minimum absolute atomic E-state index is 0.128. The van der Waals surface area contributed by atoms with E-state index in [2.05, 4.69) is 0 Å². The molecular formula is C24H15Cl3F3NO3. The van der Waals surface area contributed by atoms with Gasteiger partial charge in [0.15, 0.2) is 0 Å². The van der Waals surface area contributed by atoms with Gasteiger partial charge < -0.3 is 10.0 Å². The Labute approximate surface area is 207 Å². The van der Waals surface area contributed by atoms with Gasteiger partial charge in [-0.05, 0) is 47.0 Å². The number of amides is 1. The summed E-state index contributed by atoms with van der Waals surface area (Å²) in [6.45, 7) is -0.305. The topological polar surface area (TPSA) is 57.6 Å². The number of hydrogen-bond acceptors (Lipinski definition) is 2. The van der Waals surface area contributed by atoms with Crippen LogP contribution < -0.4 is 0 Å². The van der Waals surface area contributed by atoms with Gasteiger partial charge in [-0.3, -0.25) is 9.59 Å². The van der Waals surface area contributed by atoms with Crippen molar-refractivity contribution in [3.05, 3.63) is 104 Å². The van der Waals surface area contributed by atoms with E-state index in [1.807, 2.05) is 0 Å². The Bertz CT molecular complexity index is 1300. The lowest BCUT2D eigenvalue weighted by Gasteiger charge is -2.41. The summed E-state index contributed by atoms with van der Waals surface area (Å²) in [5.74, 6) is -2.97. The summed E-state index contributed by atoms with van der Waals surface area (Å²) in [6, 6.07) is 12.9. The molecule has 4 nitrogen and oxygen atoms in total. The van der Waals surface area contributed by atoms with Crippen LogP contribution in [-0.2, 0) is 17.5 Å². The second-order valence-corrected chi connectivity index (χ2v) is 9.01. The number of carbonyl (C=O) groups excluding carboxylic acids is 1. The molecule has 1 aliphatic rings. The Morgan fingerprint density at radius 3 is 2.29 bits per heavy atom. The van der Waals surface area contributed by atoms with E-state index >= 15 is 0 Å². The lowest BCUT2D eigenvalue weighted by molar-refractivity contribution is -0.140. The Balaban J connectivity index is 1.90. The summed E-state index contributed by atoms with van der Waals surface area (Å²) < 4.78 is 40.2. The maximum atomic E-state index is 13.5. The van der Waals surface area contributed by atoms with Crippen LogP contribution in [0.2, 0.25) is 15.1 Å². The van der Waals surface area contributed by atoms with E-state index < -0.39 is 40.6 Å². The van der Waals surface area contributed by atoms with Gasteiger partial charge in [-0.15, -0.1) is 0 Å². The first-order valence-electron chi connectivity index (χ1n) is 9.92. The van der Waals surface area contributed by atoms with E-state index in [1.54, 1.807) is 18.2 Å². The van der Waals surface area contributed by atoms with Crippen molar-refractivity contribution < 1.29 is 27.9 Å². The van der Waals surface area contributed by atoms with E-state index in [4.69, 9.17) is 34.8 Å². The van der Waals surface area contributed by atoms with E-state index in [1.165, 1.54) is 35.2 Å². The number of nitrogens with zero attached hydrogens (tertiary/aromatic N) is 1. The molecule has 4 rings (SSSR count). The number of carboxylic acid groups (broad SMARTS) is 1. The van der Waals surface area contributed by atoms with Crippen molar-refractivity contribution in [3.8, 4) is 0 Å². The van der Waals surface area contributed by atoms with Crippen LogP contribution in [0.25, 0.3) is 0 Å². The van der Waals surface area contributed by atoms with Crippen LogP contribution in [0.1, 0.15) is 44.6 Å². The minimum atomic E-state index is -4.70. The molecule has 2 atom stereocenters. The average molecular weight is 529 g/mol. The van der Waals surface area contributed by atoms with Gasteiger partial charge in [-0.2, -0.15) is 13.2 Å². The van der Waals surface area contributed by atoms with E-state index in [9.17, 15) is 27.9 Å². The molecule has 0 spiro atoms. The van der Waals surface area contributed by atoms with Crippen molar-refractivity contribution in [2.45, 2.75) is 24.7 Å². The zero-order chi connectivity index (χ0) is 24.8. The van der Waals surface area contributed by atoms with Crippen molar-refractivity contribution in [1.29, 1.82) is 0 Å². The van der Waals surface area contributed by atoms with Crippen LogP contribution in [0.15, 0.2) is 60.7 Å². The summed E-state index contributed by atoms with van der Waals surface area (Å²) >= 11 is 18.1. The SMILES string of the molecule is O=C(O)C1c2ccccc2C(=O)N(Cc2ccc(Cl)c(C(F)(F)F)c2)C1c1ccc(Cl)cc1Cl. The van der Waals surface area contributed by atoms with Gasteiger partial charge in [-0.1, -0.05) is 65.1 Å². The molecule has 0 aromatic heterocycles. The smallest absolute Gasteiger partial charge is 0.417 e. The van der Waals surface area contributed by atoms with E-state index in [-0.39, 0.29) is 22.7 Å². The van der Waals surface area contributed by atoms with Crippen LogP contribution in [0, 0.1) is 0 Å². The van der Waals surface area contributed by atoms with E-state index in [0.717, 1.165) is 12.1 Å². The summed E-state index contributed by atoms with van der Waals surface area (Å²) in [6.07, 6.45) is -4.70. The molecule has 10 heteroatoms. The zero-order valence-electron chi connectivity index (χ0n) is 17.1. The molecule has 0 aliphatic carbocycles. The van der Waals surface area contributed by atoms with Crippen LogP contribution in [0.4, 0.5) is 13.2 Å². The largest absolute Gasteiger partial charge is 0.481 e. The molecule has 1 heterocycles. The number of benzene rings is 3. The van der Waals surface area contributed by atoms with Crippen molar-refractivity contribution in [3.63, 3.8) is 0 Å². The maximum absolute atomic E-state index is 13.5. The monoisotopic (exact) mass is 527 g/mol. The number of carbonyl (C=O) groups is 2. The highest BCUT2D eigenvalue weighted by Gasteiger charge is 2.45. The van der Waals surface area contributed by atoms with Gasteiger partial charge in [0.05, 0.1) is 16.6 Å². The van der Waals surface area contributed by atoms with Crippen molar-refractivity contribution in [2.24, 2.45) is 0 Å². The molecule has 3 aromatic rings. The quantitative estimate of drug-likeness (QED) is 0.389. The predicted molar refractivity (Wildman–Crippen MR) is 122 cm³/mol. The first-order chi connectivity index (χ1) is 16.0. The molecule has 0 saturated carbocycles. The van der Waals surface area contributed by atoms with Crippen molar-refractivity contribution in [1.82, 2.24) is 4.90 Å². The highest BCUT2D eigenvalue weighted by atomic mass is 35.5. The van der Waals surface area contributed by atoms with Crippen LogP contribution in [0.5, 0.6) is 0 Å². The highest BCUT2D eigenvalue weighted by molar-refractivity contribution is 6.35.